The second kappa shape index (κ2) is 9.47. The van der Waals surface area contributed by atoms with Crippen molar-refractivity contribution >= 4 is 40.7 Å². The molecule has 1 N–H and O–H groups in total. The van der Waals surface area contributed by atoms with Crippen LogP contribution in [0.25, 0.3) is 5.76 Å². The molecule has 7 nitrogen and oxygen atoms in total. The van der Waals surface area contributed by atoms with Gasteiger partial charge in [-0.25, -0.2) is 0 Å². The molecule has 9 heteroatoms. The Bertz CT molecular complexity index is 971. The molecule has 2 heterocycles. The van der Waals surface area contributed by atoms with Crippen LogP contribution < -0.4 is 4.74 Å². The Morgan fingerprint density at radius 2 is 1.90 bits per heavy atom. The molecule has 0 bridgehead atoms. The topological polar surface area (TPSA) is 89.0 Å². The molecule has 1 amide bonds. The number of aliphatic hydroxyl groups excluding tert-OH is 1. The molecule has 1 aromatic carbocycles. The van der Waals surface area contributed by atoms with Crippen LogP contribution >= 0.6 is 23.2 Å². The van der Waals surface area contributed by atoms with Crippen LogP contribution in [0.4, 0.5) is 0 Å². The summed E-state index contributed by atoms with van der Waals surface area (Å²) in [6.07, 6.45) is 2.08. The van der Waals surface area contributed by atoms with Crippen LogP contribution in [0.5, 0.6) is 5.75 Å². The molecule has 1 aromatic heterocycles. The summed E-state index contributed by atoms with van der Waals surface area (Å²) >= 11 is 12.4. The SMILES string of the molecule is COCCCN1C(=O)C(=O)/C(=C(/O)c2cc(Cl)c(OC)c(Cl)c2)C1c1ccccn1. The van der Waals surface area contributed by atoms with E-state index in [0.29, 0.717) is 18.7 Å². The van der Waals surface area contributed by atoms with Gasteiger partial charge in [0.2, 0.25) is 0 Å². The first kappa shape index (κ1) is 22.1. The van der Waals surface area contributed by atoms with Gasteiger partial charge in [-0.05, 0) is 30.7 Å². The van der Waals surface area contributed by atoms with Gasteiger partial charge in [0.1, 0.15) is 11.8 Å². The lowest BCUT2D eigenvalue weighted by Crippen LogP contribution is -2.31. The summed E-state index contributed by atoms with van der Waals surface area (Å²) in [7, 11) is 2.97. The summed E-state index contributed by atoms with van der Waals surface area (Å²) in [6, 6.07) is 7.18. The van der Waals surface area contributed by atoms with E-state index in [2.05, 4.69) is 4.98 Å². The molecule has 3 rings (SSSR count). The van der Waals surface area contributed by atoms with Gasteiger partial charge in [-0.15, -0.1) is 0 Å². The van der Waals surface area contributed by atoms with E-state index in [1.165, 1.54) is 24.1 Å². The van der Waals surface area contributed by atoms with Crippen LogP contribution in [0.3, 0.4) is 0 Å². The second-order valence-electron chi connectivity index (χ2n) is 6.57. The fraction of sp³-hybridized carbons (Fsp3) is 0.286. The van der Waals surface area contributed by atoms with Gasteiger partial charge >= 0.3 is 0 Å². The number of nitrogens with zero attached hydrogens (tertiary/aromatic N) is 2. The number of hydrogen-bond acceptors (Lipinski definition) is 6. The molecule has 0 aliphatic carbocycles. The van der Waals surface area contributed by atoms with Crippen molar-refractivity contribution in [1.82, 2.24) is 9.88 Å². The highest BCUT2D eigenvalue weighted by atomic mass is 35.5. The summed E-state index contributed by atoms with van der Waals surface area (Å²) in [5.74, 6) is -1.65. The van der Waals surface area contributed by atoms with Crippen LogP contribution in [-0.4, -0.2) is 54.1 Å². The van der Waals surface area contributed by atoms with Gasteiger partial charge in [0.15, 0.2) is 5.75 Å². The first-order chi connectivity index (χ1) is 14.4. The van der Waals surface area contributed by atoms with E-state index in [4.69, 9.17) is 32.7 Å². The Balaban J connectivity index is 2.14. The standard InChI is InChI=1S/C21H20Cl2N2O5/c1-29-9-5-8-25-17(15-6-3-4-7-24-15)16(19(27)21(25)28)18(26)12-10-13(22)20(30-2)14(23)11-12/h3-4,6-7,10-11,17,26H,5,8-9H2,1-2H3/b18-16+. The van der Waals surface area contributed by atoms with E-state index in [9.17, 15) is 14.7 Å². The van der Waals surface area contributed by atoms with Gasteiger partial charge in [-0.2, -0.15) is 0 Å². The van der Waals surface area contributed by atoms with E-state index in [-0.39, 0.29) is 39.2 Å². The molecular weight excluding hydrogens is 431 g/mol. The molecule has 1 unspecified atom stereocenters. The summed E-state index contributed by atoms with van der Waals surface area (Å²) in [5, 5.41) is 11.3. The van der Waals surface area contributed by atoms with Crippen LogP contribution in [0.1, 0.15) is 23.7 Å². The summed E-state index contributed by atoms with van der Waals surface area (Å²) in [5.41, 5.74) is 0.580. The zero-order valence-corrected chi connectivity index (χ0v) is 17.9. The number of amides is 1. The summed E-state index contributed by atoms with van der Waals surface area (Å²) < 4.78 is 10.2. The number of halogens is 2. The molecule has 0 radical (unpaired) electrons. The molecular formula is C21H20Cl2N2O5. The number of carbonyl (C=O) groups is 2. The van der Waals surface area contributed by atoms with Crippen molar-refractivity contribution in [3.63, 3.8) is 0 Å². The second-order valence-corrected chi connectivity index (χ2v) is 7.38. The Labute approximate surface area is 183 Å². The lowest BCUT2D eigenvalue weighted by atomic mass is 9.98. The normalized spacial score (nSPS) is 18.1. The number of likely N-dealkylation sites (tertiary alicyclic amines) is 1. The quantitative estimate of drug-likeness (QED) is 0.298. The molecule has 0 saturated carbocycles. The highest BCUT2D eigenvalue weighted by Gasteiger charge is 2.46. The van der Waals surface area contributed by atoms with Crippen molar-refractivity contribution in [2.24, 2.45) is 0 Å². The van der Waals surface area contributed by atoms with Crippen molar-refractivity contribution in [2.45, 2.75) is 12.5 Å². The molecule has 30 heavy (non-hydrogen) atoms. The third-order valence-corrected chi connectivity index (χ3v) is 5.29. The minimum absolute atomic E-state index is 0.0755. The maximum atomic E-state index is 12.9. The summed E-state index contributed by atoms with van der Waals surface area (Å²) in [4.78, 5) is 31.3. The number of aliphatic hydroxyl groups is 1. The number of hydrogen-bond donors (Lipinski definition) is 1. The van der Waals surface area contributed by atoms with E-state index in [1.807, 2.05) is 0 Å². The Morgan fingerprint density at radius 3 is 2.47 bits per heavy atom. The van der Waals surface area contributed by atoms with Crippen molar-refractivity contribution in [2.75, 3.05) is 27.4 Å². The Morgan fingerprint density at radius 1 is 1.20 bits per heavy atom. The van der Waals surface area contributed by atoms with E-state index in [1.54, 1.807) is 31.5 Å². The molecule has 1 aliphatic rings. The van der Waals surface area contributed by atoms with Gasteiger partial charge in [-0.1, -0.05) is 29.3 Å². The van der Waals surface area contributed by atoms with Crippen molar-refractivity contribution in [3.8, 4) is 5.75 Å². The first-order valence-corrected chi connectivity index (χ1v) is 9.88. The number of carbonyl (C=O) groups excluding carboxylic acids is 2. The zero-order valence-electron chi connectivity index (χ0n) is 16.4. The highest BCUT2D eigenvalue weighted by Crippen LogP contribution is 2.41. The number of ether oxygens (including phenoxy) is 2. The number of benzene rings is 1. The van der Waals surface area contributed by atoms with Crippen LogP contribution in [-0.2, 0) is 14.3 Å². The van der Waals surface area contributed by atoms with Gasteiger partial charge in [-0.3, -0.25) is 14.6 Å². The summed E-state index contributed by atoms with van der Waals surface area (Å²) in [6.45, 7) is 0.683. The fourth-order valence-corrected chi connectivity index (χ4v) is 4.02. The number of rotatable bonds is 7. The van der Waals surface area contributed by atoms with Crippen LogP contribution in [0, 0.1) is 0 Å². The average Bonchev–Trinajstić information content (AvgIpc) is 2.98. The molecule has 1 fully saturated rings. The smallest absolute Gasteiger partial charge is 0.295 e. The minimum Gasteiger partial charge on any atom is -0.507 e. The third-order valence-electron chi connectivity index (χ3n) is 4.73. The van der Waals surface area contributed by atoms with E-state index in [0.717, 1.165) is 0 Å². The maximum absolute atomic E-state index is 12.9. The molecule has 1 aliphatic heterocycles. The predicted molar refractivity (Wildman–Crippen MR) is 113 cm³/mol. The number of aromatic nitrogens is 1. The lowest BCUT2D eigenvalue weighted by Gasteiger charge is -2.24. The van der Waals surface area contributed by atoms with Gasteiger partial charge in [0.05, 0.1) is 28.4 Å². The molecule has 2 aromatic rings. The molecule has 0 spiro atoms. The predicted octanol–water partition coefficient (Wildman–Crippen LogP) is 3.86. The van der Waals surface area contributed by atoms with E-state index >= 15 is 0 Å². The van der Waals surface area contributed by atoms with Crippen LogP contribution in [0.2, 0.25) is 10.0 Å². The largest absolute Gasteiger partial charge is 0.507 e. The third kappa shape index (κ3) is 4.14. The molecule has 158 valence electrons. The zero-order chi connectivity index (χ0) is 21.8. The number of pyridine rings is 1. The average molecular weight is 451 g/mol. The first-order valence-electron chi connectivity index (χ1n) is 9.12. The lowest BCUT2D eigenvalue weighted by molar-refractivity contribution is -0.140. The minimum atomic E-state index is -0.845. The van der Waals surface area contributed by atoms with Crippen LogP contribution in [0.15, 0.2) is 42.1 Å². The van der Waals surface area contributed by atoms with Crippen molar-refractivity contribution < 1.29 is 24.2 Å². The number of methoxy groups -OCH3 is 2. The highest BCUT2D eigenvalue weighted by molar-refractivity contribution is 6.46. The van der Waals surface area contributed by atoms with Gasteiger partial charge in [0.25, 0.3) is 11.7 Å². The van der Waals surface area contributed by atoms with Crippen molar-refractivity contribution in [1.29, 1.82) is 0 Å². The Kier molecular flexibility index (Phi) is 6.97. The van der Waals surface area contributed by atoms with E-state index < -0.39 is 17.7 Å². The van der Waals surface area contributed by atoms with Gasteiger partial charge < -0.3 is 19.5 Å². The van der Waals surface area contributed by atoms with Gasteiger partial charge in [0, 0.05) is 32.0 Å². The number of ketones is 1. The fourth-order valence-electron chi connectivity index (χ4n) is 3.38. The van der Waals surface area contributed by atoms with Crippen molar-refractivity contribution in [3.05, 3.63) is 63.4 Å². The number of Topliss-reactive ketones (excluding diaryl/α,β-unsaturated/α-hetero) is 1. The maximum Gasteiger partial charge on any atom is 0.295 e. The molecule has 1 saturated heterocycles. The molecule has 1 atom stereocenters. The monoisotopic (exact) mass is 450 g/mol. The Hall–Kier alpha value is -2.61.